The van der Waals surface area contributed by atoms with Crippen molar-refractivity contribution < 1.29 is 24.5 Å². The first-order valence-electron chi connectivity index (χ1n) is 14.0. The van der Waals surface area contributed by atoms with Crippen molar-refractivity contribution >= 4 is 11.9 Å². The summed E-state index contributed by atoms with van der Waals surface area (Å²) in [4.78, 5) is 24.8. The quantitative estimate of drug-likeness (QED) is 0.418. The molecule has 5 heteroatoms. The van der Waals surface area contributed by atoms with E-state index in [1.165, 1.54) is 12.8 Å². The van der Waals surface area contributed by atoms with E-state index in [4.69, 9.17) is 4.74 Å². The van der Waals surface area contributed by atoms with E-state index in [-0.39, 0.29) is 28.6 Å². The first kappa shape index (κ1) is 23.8. The highest BCUT2D eigenvalue weighted by atomic mass is 16.5. The molecule has 0 aromatic heterocycles. The maximum atomic E-state index is 13.0. The Morgan fingerprint density at radius 1 is 0.714 bits per heavy atom. The number of hydrogen-bond donors (Lipinski definition) is 2. The molecule has 0 saturated heterocycles. The summed E-state index contributed by atoms with van der Waals surface area (Å²) in [6.45, 7) is 12.6. The highest BCUT2D eigenvalue weighted by Gasteiger charge is 2.75. The Bertz CT molecular complexity index is 871. The lowest BCUT2D eigenvalue weighted by molar-refractivity contribution is -0.297. The molecule has 8 fully saturated rings. The van der Waals surface area contributed by atoms with Crippen LogP contribution >= 0.6 is 0 Å². The van der Waals surface area contributed by atoms with Gasteiger partial charge in [-0.2, -0.15) is 0 Å². The van der Waals surface area contributed by atoms with Gasteiger partial charge in [-0.15, -0.1) is 0 Å². The zero-order valence-corrected chi connectivity index (χ0v) is 21.4. The maximum Gasteiger partial charge on any atom is 0.333 e. The van der Waals surface area contributed by atoms with Crippen molar-refractivity contribution in [2.45, 2.75) is 83.7 Å². The summed E-state index contributed by atoms with van der Waals surface area (Å²) in [5.41, 5.74) is -1.69. The van der Waals surface area contributed by atoms with Gasteiger partial charge < -0.3 is 14.9 Å². The monoisotopic (exact) mass is 482 g/mol. The second-order valence-electron chi connectivity index (χ2n) is 13.8. The fourth-order valence-corrected chi connectivity index (χ4v) is 11.5. The normalized spacial score (nSPS) is 48.5. The molecule has 8 aliphatic carbocycles. The number of rotatable bonds is 8. The molecule has 8 saturated carbocycles. The predicted molar refractivity (Wildman–Crippen MR) is 133 cm³/mol. The van der Waals surface area contributed by atoms with E-state index >= 15 is 0 Å². The average Bonchev–Trinajstić information content (AvgIpc) is 2.79. The van der Waals surface area contributed by atoms with Crippen LogP contribution in [0.4, 0.5) is 0 Å². The third-order valence-corrected chi connectivity index (χ3v) is 12.6. The maximum absolute atomic E-state index is 13.0. The van der Waals surface area contributed by atoms with Crippen LogP contribution in [0.2, 0.25) is 0 Å². The van der Waals surface area contributed by atoms with Crippen LogP contribution < -0.4 is 0 Å². The van der Waals surface area contributed by atoms with Crippen molar-refractivity contribution in [3.8, 4) is 0 Å². The molecule has 0 unspecified atom stereocenters. The molecule has 0 spiro atoms. The molecule has 35 heavy (non-hydrogen) atoms. The van der Waals surface area contributed by atoms with E-state index in [2.05, 4.69) is 27.0 Å². The van der Waals surface area contributed by atoms with E-state index in [0.717, 1.165) is 75.0 Å². The lowest BCUT2D eigenvalue weighted by Crippen LogP contribution is -2.74. The van der Waals surface area contributed by atoms with Crippen molar-refractivity contribution in [3.63, 3.8) is 0 Å². The van der Waals surface area contributed by atoms with E-state index in [9.17, 15) is 19.8 Å². The Balaban J connectivity index is 1.55. The molecule has 2 N–H and O–H groups in total. The lowest BCUT2D eigenvalue weighted by Gasteiger charge is -2.74. The van der Waals surface area contributed by atoms with Crippen LogP contribution in [-0.2, 0) is 14.3 Å². The number of carbonyl (C=O) groups is 2. The Kier molecular flexibility index (Phi) is 5.22. The minimum atomic E-state index is -1.10. The third kappa shape index (κ3) is 2.97. The first-order chi connectivity index (χ1) is 16.5. The Hall–Kier alpha value is -1.62. The summed E-state index contributed by atoms with van der Waals surface area (Å²) < 4.78 is 6.97. The molecule has 8 aliphatic rings. The largest absolute Gasteiger partial charge is 0.478 e. The zero-order chi connectivity index (χ0) is 24.9. The smallest absolute Gasteiger partial charge is 0.333 e. The van der Waals surface area contributed by atoms with Crippen LogP contribution in [0.15, 0.2) is 24.3 Å². The molecule has 8 rings (SSSR count). The molecular weight excluding hydrogens is 440 g/mol. The van der Waals surface area contributed by atoms with Gasteiger partial charge in [0.1, 0.15) is 5.60 Å². The summed E-state index contributed by atoms with van der Waals surface area (Å²) in [5, 5.41) is 20.3. The molecular formula is C30H42O5. The van der Waals surface area contributed by atoms with Gasteiger partial charge in [0, 0.05) is 10.8 Å². The van der Waals surface area contributed by atoms with E-state index < -0.39 is 17.5 Å². The van der Waals surface area contributed by atoms with Gasteiger partial charge in [0.2, 0.25) is 0 Å². The number of aliphatic carboxylic acids is 2. The second-order valence-corrected chi connectivity index (χ2v) is 13.8. The van der Waals surface area contributed by atoms with Gasteiger partial charge in [-0.3, -0.25) is 0 Å². The topological polar surface area (TPSA) is 83.8 Å². The van der Waals surface area contributed by atoms with Crippen LogP contribution in [0, 0.1) is 58.2 Å². The molecule has 0 aromatic rings. The fourth-order valence-electron chi connectivity index (χ4n) is 11.5. The van der Waals surface area contributed by atoms with Crippen molar-refractivity contribution in [1.82, 2.24) is 0 Å². The molecule has 0 aliphatic heterocycles. The van der Waals surface area contributed by atoms with E-state index in [1.807, 2.05) is 0 Å². The highest BCUT2D eigenvalue weighted by Crippen LogP contribution is 2.76. The highest BCUT2D eigenvalue weighted by molar-refractivity contribution is 5.89. The molecule has 5 nitrogen and oxygen atoms in total. The van der Waals surface area contributed by atoms with Gasteiger partial charge in [-0.05, 0) is 112 Å². The van der Waals surface area contributed by atoms with Crippen LogP contribution in [0.1, 0.15) is 78.1 Å². The van der Waals surface area contributed by atoms with Crippen molar-refractivity contribution in [3.05, 3.63) is 24.3 Å². The minimum absolute atomic E-state index is 0.00704. The summed E-state index contributed by atoms with van der Waals surface area (Å²) >= 11 is 0. The minimum Gasteiger partial charge on any atom is -0.478 e. The van der Waals surface area contributed by atoms with Gasteiger partial charge in [-0.1, -0.05) is 27.0 Å². The van der Waals surface area contributed by atoms with Crippen LogP contribution in [0.3, 0.4) is 0 Å². The summed E-state index contributed by atoms with van der Waals surface area (Å²) in [7, 11) is 0. The van der Waals surface area contributed by atoms with Gasteiger partial charge >= 0.3 is 11.9 Å². The van der Waals surface area contributed by atoms with Gasteiger partial charge in [0.25, 0.3) is 0 Å². The van der Waals surface area contributed by atoms with Gasteiger partial charge in [0.05, 0.1) is 17.8 Å². The number of hydrogen-bond acceptors (Lipinski definition) is 3. The number of carboxylic acid groups (broad SMARTS) is 2. The zero-order valence-electron chi connectivity index (χ0n) is 21.4. The van der Waals surface area contributed by atoms with E-state index in [0.29, 0.717) is 23.7 Å². The van der Waals surface area contributed by atoms with Crippen molar-refractivity contribution in [2.24, 2.45) is 58.2 Å². The summed E-state index contributed by atoms with van der Waals surface area (Å²) in [6, 6.07) is 0. The Labute approximate surface area is 209 Å². The number of carboxylic acids is 2. The predicted octanol–water partition coefficient (Wildman–Crippen LogP) is 5.95. The van der Waals surface area contributed by atoms with Crippen LogP contribution in [0.5, 0.6) is 0 Å². The van der Waals surface area contributed by atoms with E-state index in [1.54, 1.807) is 0 Å². The van der Waals surface area contributed by atoms with Crippen LogP contribution in [0.25, 0.3) is 0 Å². The summed E-state index contributed by atoms with van der Waals surface area (Å²) in [5.74, 6) is 2.45. The fraction of sp³-hybridized carbons (Fsp3) is 0.800. The standard InChI is InChI=1S/C30H42O5/c1-16(26(31)32)15-35-30(17(2)27(33)34,28(3)22-7-18-5-19(9-22)10-23(28)8-18)29(4)24-11-20-6-21(13-24)14-25(29)12-20/h18-25H,1-2,5-15H2,3-4H3,(H,31,32)(H,33,34). The Morgan fingerprint density at radius 2 is 1.06 bits per heavy atom. The molecule has 0 heterocycles. The van der Waals surface area contributed by atoms with Crippen molar-refractivity contribution in [1.29, 1.82) is 0 Å². The molecule has 0 amide bonds. The molecule has 0 atom stereocenters. The van der Waals surface area contributed by atoms with Crippen LogP contribution in [-0.4, -0.2) is 34.4 Å². The summed E-state index contributed by atoms with van der Waals surface area (Å²) in [6.07, 6.45) is 11.7. The molecule has 0 radical (unpaired) electrons. The lowest BCUT2D eigenvalue weighted by atomic mass is 9.32. The molecule has 8 bridgehead atoms. The van der Waals surface area contributed by atoms with Gasteiger partial charge in [0.15, 0.2) is 0 Å². The Morgan fingerprint density at radius 3 is 1.34 bits per heavy atom. The first-order valence-corrected chi connectivity index (χ1v) is 14.0. The average molecular weight is 483 g/mol. The second kappa shape index (κ2) is 7.69. The molecule has 192 valence electrons. The SMILES string of the molecule is C=C(COC(C(=C)C(=O)O)(C1(C)C2CC3CC(C2)CC1C3)C1(C)C2CC3CC(C2)CC1C3)C(=O)O. The molecule has 0 aromatic carbocycles. The van der Waals surface area contributed by atoms with Gasteiger partial charge in [-0.25, -0.2) is 9.59 Å². The van der Waals surface area contributed by atoms with Crippen molar-refractivity contribution in [2.75, 3.05) is 6.61 Å². The third-order valence-electron chi connectivity index (χ3n) is 12.6. The number of ether oxygens (including phenoxy) is 1.